The Kier molecular flexibility index (Phi) is 2.49. The van der Waals surface area contributed by atoms with E-state index in [0.29, 0.717) is 5.92 Å². The van der Waals surface area contributed by atoms with E-state index < -0.39 is 0 Å². The molecule has 0 N–H and O–H groups in total. The second-order valence-corrected chi connectivity index (χ2v) is 3.89. The molecule has 14 heavy (non-hydrogen) atoms. The smallest absolute Gasteiger partial charge is 0.142 e. The quantitative estimate of drug-likeness (QED) is 0.512. The third kappa shape index (κ3) is 1.63. The van der Waals surface area contributed by atoms with Crippen molar-refractivity contribution in [3.8, 4) is 0 Å². The summed E-state index contributed by atoms with van der Waals surface area (Å²) < 4.78 is 0. The lowest BCUT2D eigenvalue weighted by Crippen LogP contribution is -1.86. The lowest BCUT2D eigenvalue weighted by atomic mass is 10.0. The maximum atomic E-state index is 10.2. The van der Waals surface area contributed by atoms with Gasteiger partial charge >= 0.3 is 0 Å². The minimum Gasteiger partial charge on any atom is -0.299 e. The van der Waals surface area contributed by atoms with Crippen LogP contribution in [0.5, 0.6) is 0 Å². The molecule has 1 aromatic rings. The normalized spacial score (nSPS) is 19.9. The van der Waals surface area contributed by atoms with Gasteiger partial charge in [-0.05, 0) is 41.5 Å². The van der Waals surface area contributed by atoms with Gasteiger partial charge in [-0.3, -0.25) is 4.79 Å². The zero-order valence-corrected chi connectivity index (χ0v) is 8.36. The van der Waals surface area contributed by atoms with Crippen molar-refractivity contribution in [3.05, 3.63) is 41.0 Å². The molecule has 0 fully saturated rings. The van der Waals surface area contributed by atoms with Crippen molar-refractivity contribution in [1.29, 1.82) is 0 Å². The van der Waals surface area contributed by atoms with Gasteiger partial charge in [-0.25, -0.2) is 0 Å². The van der Waals surface area contributed by atoms with Crippen molar-refractivity contribution in [2.75, 3.05) is 0 Å². The molecule has 1 nitrogen and oxygen atoms in total. The Balaban J connectivity index is 2.32. The van der Waals surface area contributed by atoms with E-state index in [1.807, 2.05) is 6.08 Å². The Morgan fingerprint density at radius 3 is 3.07 bits per heavy atom. The Labute approximate surface area is 84.5 Å². The van der Waals surface area contributed by atoms with Crippen LogP contribution in [0.1, 0.15) is 36.0 Å². The van der Waals surface area contributed by atoms with Crippen LogP contribution in [-0.4, -0.2) is 6.29 Å². The fourth-order valence-corrected chi connectivity index (χ4v) is 2.10. The Morgan fingerprint density at radius 2 is 2.29 bits per heavy atom. The van der Waals surface area contributed by atoms with Crippen molar-refractivity contribution in [1.82, 2.24) is 0 Å². The SMILES string of the molecule is CC1CCc2cc(C=CC=O)ccc21. The summed E-state index contributed by atoms with van der Waals surface area (Å²) in [6.45, 7) is 2.27. The summed E-state index contributed by atoms with van der Waals surface area (Å²) in [6.07, 6.45) is 6.65. The molecular formula is C13H14O. The lowest BCUT2D eigenvalue weighted by Gasteiger charge is -2.04. The zero-order valence-electron chi connectivity index (χ0n) is 8.36. The molecular weight excluding hydrogens is 172 g/mol. The van der Waals surface area contributed by atoms with Crippen LogP contribution in [0.3, 0.4) is 0 Å². The molecule has 1 atom stereocenters. The molecule has 0 saturated heterocycles. The molecule has 0 aliphatic heterocycles. The number of allylic oxidation sites excluding steroid dienone is 1. The molecule has 1 unspecified atom stereocenters. The summed E-state index contributed by atoms with van der Waals surface area (Å²) in [5, 5.41) is 0. The molecule has 0 spiro atoms. The Bertz CT molecular complexity index is 377. The number of aldehydes is 1. The first kappa shape index (κ1) is 9.20. The fraction of sp³-hybridized carbons (Fsp3) is 0.308. The van der Waals surface area contributed by atoms with Gasteiger partial charge in [-0.1, -0.05) is 31.2 Å². The molecule has 1 aliphatic rings. The molecule has 0 radical (unpaired) electrons. The molecule has 0 amide bonds. The molecule has 1 aliphatic carbocycles. The fourth-order valence-electron chi connectivity index (χ4n) is 2.10. The minimum absolute atomic E-state index is 0.703. The van der Waals surface area contributed by atoms with E-state index in [2.05, 4.69) is 25.1 Å². The molecule has 2 rings (SSSR count). The number of hydrogen-bond acceptors (Lipinski definition) is 1. The summed E-state index contributed by atoms with van der Waals surface area (Å²) in [6, 6.07) is 6.47. The average Bonchev–Trinajstić information content (AvgIpc) is 2.57. The van der Waals surface area contributed by atoms with Crippen LogP contribution in [0.4, 0.5) is 0 Å². The van der Waals surface area contributed by atoms with E-state index in [1.165, 1.54) is 24.0 Å². The molecule has 0 bridgehead atoms. The van der Waals surface area contributed by atoms with Gasteiger partial charge in [0.1, 0.15) is 6.29 Å². The highest BCUT2D eigenvalue weighted by Gasteiger charge is 2.17. The first-order chi connectivity index (χ1) is 6.81. The first-order valence-corrected chi connectivity index (χ1v) is 5.06. The van der Waals surface area contributed by atoms with Gasteiger partial charge in [0.25, 0.3) is 0 Å². The van der Waals surface area contributed by atoms with Crippen LogP contribution < -0.4 is 0 Å². The van der Waals surface area contributed by atoms with Crippen LogP contribution in [0.15, 0.2) is 24.3 Å². The maximum absolute atomic E-state index is 10.2. The lowest BCUT2D eigenvalue weighted by molar-refractivity contribution is -0.104. The number of hydrogen-bond donors (Lipinski definition) is 0. The van der Waals surface area contributed by atoms with Crippen molar-refractivity contribution in [2.24, 2.45) is 0 Å². The highest BCUT2D eigenvalue weighted by Crippen LogP contribution is 2.33. The van der Waals surface area contributed by atoms with Gasteiger partial charge in [0.15, 0.2) is 0 Å². The Morgan fingerprint density at radius 1 is 1.43 bits per heavy atom. The van der Waals surface area contributed by atoms with Gasteiger partial charge in [0.05, 0.1) is 0 Å². The van der Waals surface area contributed by atoms with Gasteiger partial charge < -0.3 is 0 Å². The predicted octanol–water partition coefficient (Wildman–Crippen LogP) is 2.95. The number of rotatable bonds is 2. The van der Waals surface area contributed by atoms with Crippen LogP contribution in [0.2, 0.25) is 0 Å². The monoisotopic (exact) mass is 186 g/mol. The third-order valence-corrected chi connectivity index (χ3v) is 2.91. The molecule has 1 aromatic carbocycles. The second-order valence-electron chi connectivity index (χ2n) is 3.89. The minimum atomic E-state index is 0.703. The van der Waals surface area contributed by atoms with E-state index >= 15 is 0 Å². The Hall–Kier alpha value is -1.37. The molecule has 72 valence electrons. The van der Waals surface area contributed by atoms with Crippen molar-refractivity contribution in [3.63, 3.8) is 0 Å². The van der Waals surface area contributed by atoms with Crippen LogP contribution in [0.25, 0.3) is 6.08 Å². The number of fused-ring (bicyclic) bond motifs is 1. The van der Waals surface area contributed by atoms with Gasteiger partial charge in [-0.2, -0.15) is 0 Å². The van der Waals surface area contributed by atoms with Crippen LogP contribution >= 0.6 is 0 Å². The number of aryl methyl sites for hydroxylation is 1. The largest absolute Gasteiger partial charge is 0.299 e. The first-order valence-electron chi connectivity index (χ1n) is 5.06. The summed E-state index contributed by atoms with van der Waals surface area (Å²) in [7, 11) is 0. The second kappa shape index (κ2) is 3.79. The number of carbonyl (C=O) groups is 1. The van der Waals surface area contributed by atoms with Crippen molar-refractivity contribution in [2.45, 2.75) is 25.7 Å². The van der Waals surface area contributed by atoms with Gasteiger partial charge in [-0.15, -0.1) is 0 Å². The van der Waals surface area contributed by atoms with Crippen LogP contribution in [0, 0.1) is 0 Å². The number of benzene rings is 1. The maximum Gasteiger partial charge on any atom is 0.142 e. The van der Waals surface area contributed by atoms with E-state index in [1.54, 1.807) is 6.08 Å². The van der Waals surface area contributed by atoms with Gasteiger partial charge in [0, 0.05) is 0 Å². The summed E-state index contributed by atoms with van der Waals surface area (Å²) >= 11 is 0. The predicted molar refractivity (Wildman–Crippen MR) is 58.3 cm³/mol. The van der Waals surface area contributed by atoms with E-state index in [-0.39, 0.29) is 0 Å². The van der Waals surface area contributed by atoms with Crippen molar-refractivity contribution < 1.29 is 4.79 Å². The molecule has 0 saturated carbocycles. The highest BCUT2D eigenvalue weighted by atomic mass is 16.1. The van der Waals surface area contributed by atoms with Crippen LogP contribution in [-0.2, 0) is 11.2 Å². The van der Waals surface area contributed by atoms with Crippen molar-refractivity contribution >= 4 is 12.4 Å². The average molecular weight is 186 g/mol. The van der Waals surface area contributed by atoms with E-state index in [0.717, 1.165) is 11.8 Å². The van der Waals surface area contributed by atoms with E-state index in [9.17, 15) is 4.79 Å². The topological polar surface area (TPSA) is 17.1 Å². The summed E-state index contributed by atoms with van der Waals surface area (Å²) in [5.41, 5.74) is 4.06. The van der Waals surface area contributed by atoms with E-state index in [4.69, 9.17) is 0 Å². The summed E-state index contributed by atoms with van der Waals surface area (Å²) in [4.78, 5) is 10.2. The molecule has 0 aromatic heterocycles. The third-order valence-electron chi connectivity index (χ3n) is 2.91. The van der Waals surface area contributed by atoms with Gasteiger partial charge in [0.2, 0.25) is 0 Å². The zero-order chi connectivity index (χ0) is 9.97. The highest BCUT2D eigenvalue weighted by molar-refractivity contribution is 5.74. The summed E-state index contributed by atoms with van der Waals surface area (Å²) in [5.74, 6) is 0.703. The number of carbonyl (C=O) groups excluding carboxylic acids is 1. The molecule has 0 heterocycles. The standard InChI is InChI=1S/C13H14O/c1-10-4-6-12-9-11(3-2-8-14)5-7-13(10)12/h2-3,5,7-10H,4,6H2,1H3. The molecule has 1 heteroatoms.